The zero-order chi connectivity index (χ0) is 27.2. The molecule has 2 unspecified atom stereocenters. The molecule has 3 atom stereocenters. The molecule has 0 fully saturated rings. The molecule has 10 heteroatoms. The number of hydrogen-bond donors (Lipinski definition) is 1. The second-order valence-electron chi connectivity index (χ2n) is 12.0. The van der Waals surface area contributed by atoms with Crippen LogP contribution in [0.2, 0.25) is 18.1 Å². The van der Waals surface area contributed by atoms with Crippen molar-refractivity contribution in [3.63, 3.8) is 0 Å². The van der Waals surface area contributed by atoms with Crippen LogP contribution in [0.3, 0.4) is 0 Å². The third-order valence-corrected chi connectivity index (χ3v) is 14.6. The number of nitrogens with zero attached hydrogens (tertiary/aromatic N) is 1. The summed E-state index contributed by atoms with van der Waals surface area (Å²) in [5, 5.41) is 0.103. The number of fused-ring (bicyclic) bond motifs is 1. The Balaban J connectivity index is 1.99. The SMILES string of the molecule is CC(C)(C)[S@](=O)NC(Cc1cc(F)cc(F)c1)c1nc(Br)c2c(c1Br)CC(O[Si](C)(C)C(C)(C)C)C2. The van der Waals surface area contributed by atoms with Crippen LogP contribution in [0.25, 0.3) is 0 Å². The topological polar surface area (TPSA) is 51.2 Å². The normalized spacial score (nSPS) is 18.3. The highest BCUT2D eigenvalue weighted by Crippen LogP contribution is 2.43. The quantitative estimate of drug-likeness (QED) is 0.244. The smallest absolute Gasteiger partial charge is 0.192 e. The molecular weight excluding hydrogens is 630 g/mol. The Kier molecular flexibility index (Phi) is 9.11. The van der Waals surface area contributed by atoms with E-state index in [4.69, 9.17) is 9.41 Å². The van der Waals surface area contributed by atoms with Crippen molar-refractivity contribution in [2.24, 2.45) is 0 Å². The van der Waals surface area contributed by atoms with E-state index in [1.165, 1.54) is 12.1 Å². The lowest BCUT2D eigenvalue weighted by molar-refractivity contribution is 0.191. The van der Waals surface area contributed by atoms with Gasteiger partial charge in [0.15, 0.2) is 8.32 Å². The van der Waals surface area contributed by atoms with Crippen molar-refractivity contribution in [3.8, 4) is 0 Å². The molecule has 36 heavy (non-hydrogen) atoms. The minimum Gasteiger partial charge on any atom is -0.413 e. The van der Waals surface area contributed by atoms with Crippen molar-refractivity contribution in [1.29, 1.82) is 0 Å². The zero-order valence-corrected chi connectivity index (χ0v) is 27.2. The Morgan fingerprint density at radius 3 is 2.17 bits per heavy atom. The van der Waals surface area contributed by atoms with Crippen molar-refractivity contribution >= 4 is 51.2 Å². The van der Waals surface area contributed by atoms with Gasteiger partial charge in [-0.15, -0.1) is 0 Å². The molecule has 1 aromatic carbocycles. The van der Waals surface area contributed by atoms with Crippen molar-refractivity contribution in [1.82, 2.24) is 9.71 Å². The fourth-order valence-corrected chi connectivity index (χ4v) is 7.47. The van der Waals surface area contributed by atoms with Gasteiger partial charge in [-0.25, -0.2) is 22.7 Å². The van der Waals surface area contributed by atoms with Crippen LogP contribution in [0, 0.1) is 11.6 Å². The summed E-state index contributed by atoms with van der Waals surface area (Å²) in [6.07, 6.45) is 1.77. The molecule has 1 N–H and O–H groups in total. The lowest BCUT2D eigenvalue weighted by Crippen LogP contribution is -2.44. The number of rotatable bonds is 7. The molecule has 0 radical (unpaired) electrons. The van der Waals surface area contributed by atoms with Gasteiger partial charge in [0.1, 0.15) is 16.2 Å². The number of benzene rings is 1. The van der Waals surface area contributed by atoms with E-state index in [0.717, 1.165) is 39.1 Å². The van der Waals surface area contributed by atoms with Gasteiger partial charge in [-0.2, -0.15) is 0 Å². The summed E-state index contributed by atoms with van der Waals surface area (Å²) in [5.41, 5.74) is 3.31. The molecule has 0 saturated carbocycles. The summed E-state index contributed by atoms with van der Waals surface area (Å²) in [5.74, 6) is -1.29. The lowest BCUT2D eigenvalue weighted by Gasteiger charge is -2.38. The number of aromatic nitrogens is 1. The number of hydrogen-bond acceptors (Lipinski definition) is 3. The van der Waals surface area contributed by atoms with Gasteiger partial charge in [-0.3, -0.25) is 0 Å². The maximum atomic E-state index is 14.0. The highest BCUT2D eigenvalue weighted by Gasteiger charge is 2.41. The van der Waals surface area contributed by atoms with Gasteiger partial charge in [0, 0.05) is 17.0 Å². The Labute approximate surface area is 234 Å². The van der Waals surface area contributed by atoms with E-state index in [1.807, 2.05) is 20.8 Å². The second-order valence-corrected chi connectivity index (χ2v) is 20.3. The van der Waals surface area contributed by atoms with Gasteiger partial charge in [-0.05, 0) is 112 Å². The number of nitrogens with one attached hydrogen (secondary N) is 1. The van der Waals surface area contributed by atoms with E-state index >= 15 is 0 Å². The zero-order valence-electron chi connectivity index (χ0n) is 22.2. The van der Waals surface area contributed by atoms with Crippen LogP contribution in [0.1, 0.15) is 70.0 Å². The van der Waals surface area contributed by atoms with Crippen LogP contribution in [-0.4, -0.2) is 28.4 Å². The van der Waals surface area contributed by atoms with Crippen molar-refractivity contribution in [2.75, 3.05) is 0 Å². The Morgan fingerprint density at radius 1 is 1.08 bits per heavy atom. The van der Waals surface area contributed by atoms with Crippen LogP contribution in [0.4, 0.5) is 8.78 Å². The van der Waals surface area contributed by atoms with Crippen LogP contribution in [-0.2, 0) is 34.7 Å². The third-order valence-electron chi connectivity index (χ3n) is 6.95. The van der Waals surface area contributed by atoms with Crippen molar-refractivity contribution < 1.29 is 17.4 Å². The molecule has 0 saturated heterocycles. The number of pyridine rings is 1. The summed E-state index contributed by atoms with van der Waals surface area (Å²) >= 11 is 7.44. The lowest BCUT2D eigenvalue weighted by atomic mass is 10.0. The van der Waals surface area contributed by atoms with Crippen LogP contribution in [0.5, 0.6) is 0 Å². The Hall–Kier alpha value is -0.523. The van der Waals surface area contributed by atoms with Gasteiger partial charge in [0.25, 0.3) is 0 Å². The van der Waals surface area contributed by atoms with E-state index in [0.29, 0.717) is 11.3 Å². The summed E-state index contributed by atoms with van der Waals surface area (Å²) in [6, 6.07) is 2.92. The first-order valence-electron chi connectivity index (χ1n) is 12.1. The molecule has 1 aliphatic carbocycles. The van der Waals surface area contributed by atoms with Gasteiger partial charge < -0.3 is 4.43 Å². The van der Waals surface area contributed by atoms with Gasteiger partial charge in [0.05, 0.1) is 33.6 Å². The average Bonchev–Trinajstić information content (AvgIpc) is 3.12. The summed E-state index contributed by atoms with van der Waals surface area (Å²) in [7, 11) is -3.39. The molecule has 0 bridgehead atoms. The predicted octanol–water partition coefficient (Wildman–Crippen LogP) is 7.71. The van der Waals surface area contributed by atoms with Crippen LogP contribution < -0.4 is 4.72 Å². The van der Waals surface area contributed by atoms with E-state index in [-0.39, 0.29) is 17.6 Å². The van der Waals surface area contributed by atoms with Gasteiger partial charge in [-0.1, -0.05) is 20.8 Å². The van der Waals surface area contributed by atoms with Gasteiger partial charge in [0.2, 0.25) is 0 Å². The first kappa shape index (κ1) is 30.0. The predicted molar refractivity (Wildman–Crippen MR) is 153 cm³/mol. The van der Waals surface area contributed by atoms with E-state index < -0.39 is 41.7 Å². The highest BCUT2D eigenvalue weighted by atomic mass is 79.9. The standard InChI is InChI=1S/C26H36Br2F2N2O2SSi/c1-25(2,3)35(33)32-21(11-15-9-16(29)12-17(30)10-15)23-22(27)19-13-18(14-20(19)24(28)31-23)34-36(7,8)26(4,5)6/h9-10,12,18,21,32H,11,13-14H2,1-8H3/t18?,21?,35-/m0/s1. The summed E-state index contributed by atoms with van der Waals surface area (Å²) < 4.78 is 51.9. The molecule has 0 spiro atoms. The molecule has 4 nitrogen and oxygen atoms in total. The molecule has 1 aliphatic rings. The monoisotopic (exact) mass is 664 g/mol. The first-order chi connectivity index (χ1) is 16.4. The Morgan fingerprint density at radius 2 is 1.64 bits per heavy atom. The van der Waals surface area contributed by atoms with E-state index in [2.05, 4.69) is 70.4 Å². The molecule has 0 aliphatic heterocycles. The van der Waals surface area contributed by atoms with Crippen LogP contribution in [0.15, 0.2) is 27.3 Å². The molecule has 3 rings (SSSR count). The maximum absolute atomic E-state index is 14.0. The van der Waals surface area contributed by atoms with Crippen LogP contribution >= 0.6 is 31.9 Å². The molecule has 200 valence electrons. The fraction of sp³-hybridized carbons (Fsp3) is 0.577. The van der Waals surface area contributed by atoms with Crippen molar-refractivity contribution in [2.45, 2.75) is 95.8 Å². The third kappa shape index (κ3) is 6.91. The molecular formula is C26H36Br2F2N2O2SSi. The Bertz CT molecular complexity index is 1150. The first-order valence-corrected chi connectivity index (χ1v) is 17.7. The molecule has 0 amide bonds. The minimum atomic E-state index is -1.96. The largest absolute Gasteiger partial charge is 0.413 e. The fourth-order valence-electron chi connectivity index (χ4n) is 3.95. The van der Waals surface area contributed by atoms with E-state index in [1.54, 1.807) is 0 Å². The van der Waals surface area contributed by atoms with E-state index in [9.17, 15) is 13.0 Å². The molecule has 1 heterocycles. The summed E-state index contributed by atoms with van der Waals surface area (Å²) in [6.45, 7) is 16.8. The molecule has 2 aromatic rings. The van der Waals surface area contributed by atoms with Gasteiger partial charge >= 0.3 is 0 Å². The molecule has 1 aromatic heterocycles. The second kappa shape index (κ2) is 10.9. The highest BCUT2D eigenvalue weighted by molar-refractivity contribution is 9.11. The maximum Gasteiger partial charge on any atom is 0.192 e. The average molecular weight is 667 g/mol. The number of halogens is 4. The van der Waals surface area contributed by atoms with Crippen molar-refractivity contribution in [3.05, 3.63) is 61.3 Å². The summed E-state index contributed by atoms with van der Waals surface area (Å²) in [4.78, 5) is 4.84. The minimum absolute atomic E-state index is 0.0537.